The summed E-state index contributed by atoms with van der Waals surface area (Å²) in [5, 5.41) is 3.08. The van der Waals surface area contributed by atoms with Gasteiger partial charge in [-0.05, 0) is 56.6 Å². The van der Waals surface area contributed by atoms with E-state index in [0.29, 0.717) is 6.42 Å². The maximum atomic E-state index is 12.7. The molecule has 2 saturated heterocycles. The Hall–Kier alpha value is -2.04. The fourth-order valence-corrected chi connectivity index (χ4v) is 4.25. The van der Waals surface area contributed by atoms with Crippen LogP contribution in [0.3, 0.4) is 0 Å². The van der Waals surface area contributed by atoms with Crippen molar-refractivity contribution in [1.82, 2.24) is 9.80 Å². The van der Waals surface area contributed by atoms with Crippen molar-refractivity contribution in [3.63, 3.8) is 0 Å². The van der Waals surface area contributed by atoms with Crippen molar-refractivity contribution < 1.29 is 9.59 Å². The van der Waals surface area contributed by atoms with Gasteiger partial charge in [0.1, 0.15) is 0 Å². The fourth-order valence-electron chi connectivity index (χ4n) is 4.25. The second kappa shape index (κ2) is 7.68. The number of urea groups is 1. The minimum Gasteiger partial charge on any atom is -0.340 e. The van der Waals surface area contributed by atoms with Crippen LogP contribution in [0.25, 0.3) is 0 Å². The van der Waals surface area contributed by atoms with Crippen LogP contribution in [0.1, 0.15) is 52.0 Å². The number of anilines is 1. The van der Waals surface area contributed by atoms with E-state index in [4.69, 9.17) is 0 Å². The van der Waals surface area contributed by atoms with E-state index in [-0.39, 0.29) is 23.4 Å². The number of amides is 3. The summed E-state index contributed by atoms with van der Waals surface area (Å²) in [6.07, 6.45) is 4.47. The Kier molecular flexibility index (Phi) is 5.54. The highest BCUT2D eigenvalue weighted by Gasteiger charge is 2.42. The van der Waals surface area contributed by atoms with Crippen molar-refractivity contribution in [2.24, 2.45) is 5.41 Å². The maximum Gasteiger partial charge on any atom is 0.321 e. The molecule has 5 nitrogen and oxygen atoms in total. The first kappa shape index (κ1) is 18.7. The van der Waals surface area contributed by atoms with Gasteiger partial charge in [0.25, 0.3) is 0 Å². The summed E-state index contributed by atoms with van der Waals surface area (Å²) >= 11 is 0. The van der Waals surface area contributed by atoms with E-state index in [1.54, 1.807) is 0 Å². The molecule has 0 unspecified atom stereocenters. The monoisotopic (exact) mass is 357 g/mol. The number of nitrogens with zero attached hydrogens (tertiary/aromatic N) is 2. The third kappa shape index (κ3) is 3.87. The lowest BCUT2D eigenvalue weighted by molar-refractivity contribution is -0.141. The zero-order valence-electron chi connectivity index (χ0n) is 16.3. The van der Waals surface area contributed by atoms with Crippen LogP contribution in [0.4, 0.5) is 10.5 Å². The molecular weight excluding hydrogens is 326 g/mol. The van der Waals surface area contributed by atoms with Crippen LogP contribution in [-0.4, -0.2) is 47.4 Å². The van der Waals surface area contributed by atoms with Crippen molar-refractivity contribution >= 4 is 17.6 Å². The highest BCUT2D eigenvalue weighted by Crippen LogP contribution is 2.40. The van der Waals surface area contributed by atoms with E-state index in [9.17, 15) is 9.59 Å². The van der Waals surface area contributed by atoms with Crippen LogP contribution in [-0.2, 0) is 11.2 Å². The summed E-state index contributed by atoms with van der Waals surface area (Å²) in [7, 11) is 0. The maximum absolute atomic E-state index is 12.7. The molecular formula is C21H31N3O2. The normalized spacial score (nSPS) is 19.9. The molecule has 1 aromatic rings. The lowest BCUT2D eigenvalue weighted by Gasteiger charge is -2.48. The molecule has 0 bridgehead atoms. The van der Waals surface area contributed by atoms with E-state index in [1.165, 1.54) is 0 Å². The van der Waals surface area contributed by atoms with Crippen LogP contribution in [0.5, 0.6) is 0 Å². The number of benzene rings is 1. The van der Waals surface area contributed by atoms with Crippen molar-refractivity contribution in [3.05, 3.63) is 29.8 Å². The van der Waals surface area contributed by atoms with Gasteiger partial charge in [0.05, 0.1) is 0 Å². The number of rotatable bonds is 3. The van der Waals surface area contributed by atoms with Crippen molar-refractivity contribution in [1.29, 1.82) is 0 Å². The molecule has 2 fully saturated rings. The lowest BCUT2D eigenvalue weighted by atomic mass is 9.72. The Morgan fingerprint density at radius 2 is 1.88 bits per heavy atom. The molecule has 0 aromatic heterocycles. The molecule has 1 spiro atoms. The Labute approximate surface area is 156 Å². The van der Waals surface area contributed by atoms with Crippen LogP contribution in [0.15, 0.2) is 24.3 Å². The summed E-state index contributed by atoms with van der Waals surface area (Å²) in [6, 6.07) is 8.24. The number of aryl methyl sites for hydroxylation is 1. The minimum atomic E-state index is -0.00616. The lowest BCUT2D eigenvalue weighted by Crippen LogP contribution is -2.54. The molecule has 26 heavy (non-hydrogen) atoms. The standard InChI is InChI=1S/C21H31N3O2/c1-4-17-7-5-6-8-18(17)22-20(26)23-13-11-21(12-14-23)10-9-19(25)24(15-21)16(2)3/h5-8,16H,4,9-15H2,1-3H3,(H,22,26). The van der Waals surface area contributed by atoms with Gasteiger partial charge in [-0.15, -0.1) is 0 Å². The van der Waals surface area contributed by atoms with E-state index >= 15 is 0 Å². The number of piperidine rings is 2. The van der Waals surface area contributed by atoms with Crippen LogP contribution >= 0.6 is 0 Å². The molecule has 0 radical (unpaired) electrons. The van der Waals surface area contributed by atoms with Gasteiger partial charge in [-0.3, -0.25) is 4.79 Å². The van der Waals surface area contributed by atoms with Gasteiger partial charge in [-0.1, -0.05) is 25.1 Å². The number of nitrogens with one attached hydrogen (secondary N) is 1. The van der Waals surface area contributed by atoms with Gasteiger partial charge in [0.2, 0.25) is 5.91 Å². The summed E-state index contributed by atoms with van der Waals surface area (Å²) in [5.74, 6) is 0.280. The highest BCUT2D eigenvalue weighted by atomic mass is 16.2. The average Bonchev–Trinajstić information content (AvgIpc) is 2.64. The Balaban J connectivity index is 1.59. The number of hydrogen-bond acceptors (Lipinski definition) is 2. The molecule has 142 valence electrons. The van der Waals surface area contributed by atoms with Crippen LogP contribution in [0, 0.1) is 5.41 Å². The van der Waals surface area contributed by atoms with E-state index in [1.807, 2.05) is 28.0 Å². The third-order valence-corrected chi connectivity index (χ3v) is 6.07. The summed E-state index contributed by atoms with van der Waals surface area (Å²) in [4.78, 5) is 28.8. The minimum absolute atomic E-state index is 0.00616. The van der Waals surface area contributed by atoms with Crippen LogP contribution < -0.4 is 5.32 Å². The first-order chi connectivity index (χ1) is 12.4. The first-order valence-electron chi connectivity index (χ1n) is 9.87. The van der Waals surface area contributed by atoms with Gasteiger partial charge >= 0.3 is 6.03 Å². The van der Waals surface area contributed by atoms with Crippen molar-refractivity contribution in [3.8, 4) is 0 Å². The number of para-hydroxylation sites is 1. The first-order valence-corrected chi connectivity index (χ1v) is 9.87. The molecule has 2 heterocycles. The molecule has 0 atom stereocenters. The predicted octanol–water partition coefficient (Wildman–Crippen LogP) is 3.89. The Morgan fingerprint density at radius 3 is 2.54 bits per heavy atom. The van der Waals surface area contributed by atoms with Crippen LogP contribution in [0.2, 0.25) is 0 Å². The van der Waals surface area contributed by atoms with Gasteiger partial charge < -0.3 is 15.1 Å². The van der Waals surface area contributed by atoms with E-state index < -0.39 is 0 Å². The SMILES string of the molecule is CCc1ccccc1NC(=O)N1CCC2(CCC(=O)N(C(C)C)C2)CC1. The van der Waals surface area contributed by atoms with Gasteiger partial charge in [0, 0.05) is 37.8 Å². The highest BCUT2D eigenvalue weighted by molar-refractivity contribution is 5.90. The second-order valence-electron chi connectivity index (χ2n) is 8.04. The third-order valence-electron chi connectivity index (χ3n) is 6.07. The molecule has 3 amide bonds. The number of carbonyl (C=O) groups is 2. The van der Waals surface area contributed by atoms with E-state index in [0.717, 1.165) is 56.6 Å². The smallest absolute Gasteiger partial charge is 0.321 e. The topological polar surface area (TPSA) is 52.7 Å². The second-order valence-corrected chi connectivity index (χ2v) is 8.04. The molecule has 0 aliphatic carbocycles. The number of likely N-dealkylation sites (tertiary alicyclic amines) is 2. The molecule has 5 heteroatoms. The molecule has 1 aromatic carbocycles. The molecule has 2 aliphatic heterocycles. The average molecular weight is 357 g/mol. The van der Waals surface area contributed by atoms with Gasteiger partial charge in [0.15, 0.2) is 0 Å². The van der Waals surface area contributed by atoms with Crippen molar-refractivity contribution in [2.75, 3.05) is 25.0 Å². The van der Waals surface area contributed by atoms with Gasteiger partial charge in [-0.2, -0.15) is 0 Å². The Bertz CT molecular complexity index is 663. The molecule has 0 saturated carbocycles. The largest absolute Gasteiger partial charge is 0.340 e. The summed E-state index contributed by atoms with van der Waals surface area (Å²) in [6.45, 7) is 8.65. The number of carbonyl (C=O) groups excluding carboxylic acids is 2. The molecule has 2 aliphatic rings. The zero-order valence-corrected chi connectivity index (χ0v) is 16.3. The number of hydrogen-bond donors (Lipinski definition) is 1. The predicted molar refractivity (Wildman–Crippen MR) is 104 cm³/mol. The summed E-state index contributed by atoms with van der Waals surface area (Å²) in [5.41, 5.74) is 2.26. The fraction of sp³-hybridized carbons (Fsp3) is 0.619. The quantitative estimate of drug-likeness (QED) is 0.892. The van der Waals surface area contributed by atoms with E-state index in [2.05, 4.69) is 32.2 Å². The summed E-state index contributed by atoms with van der Waals surface area (Å²) < 4.78 is 0. The van der Waals surface area contributed by atoms with Gasteiger partial charge in [-0.25, -0.2) is 4.79 Å². The Morgan fingerprint density at radius 1 is 1.19 bits per heavy atom. The van der Waals surface area contributed by atoms with Crippen molar-refractivity contribution in [2.45, 2.75) is 58.9 Å². The molecule has 3 rings (SSSR count). The molecule has 1 N–H and O–H groups in total. The zero-order chi connectivity index (χ0) is 18.7.